The molecular formula is C16H15N3O4S. The number of benzene rings is 1. The van der Waals surface area contributed by atoms with Crippen molar-refractivity contribution in [3.05, 3.63) is 70.4 Å². The van der Waals surface area contributed by atoms with E-state index in [9.17, 15) is 13.2 Å². The third-order valence-electron chi connectivity index (χ3n) is 3.47. The minimum absolute atomic E-state index is 0.0654. The molecule has 0 saturated heterocycles. The maximum atomic E-state index is 12.6. The first-order chi connectivity index (χ1) is 11.5. The van der Waals surface area contributed by atoms with Crippen LogP contribution in [0, 0.1) is 6.92 Å². The summed E-state index contributed by atoms with van der Waals surface area (Å²) in [7, 11) is -3.72. The predicted molar refractivity (Wildman–Crippen MR) is 87.8 cm³/mol. The van der Waals surface area contributed by atoms with Crippen LogP contribution in [0.3, 0.4) is 0 Å². The summed E-state index contributed by atoms with van der Waals surface area (Å²) in [5.74, 6) is 0.523. The number of hydrogen-bond acceptors (Lipinski definition) is 5. The van der Waals surface area contributed by atoms with Crippen LogP contribution >= 0.6 is 0 Å². The van der Waals surface area contributed by atoms with Crippen molar-refractivity contribution in [1.82, 2.24) is 14.9 Å². The average molecular weight is 345 g/mol. The van der Waals surface area contributed by atoms with Gasteiger partial charge in [-0.2, -0.15) is 5.10 Å². The maximum Gasteiger partial charge on any atom is 0.264 e. The van der Waals surface area contributed by atoms with Crippen LogP contribution in [0.4, 0.5) is 0 Å². The number of aromatic amines is 1. The molecule has 1 aromatic carbocycles. The third-order valence-corrected chi connectivity index (χ3v) is 5.01. The van der Waals surface area contributed by atoms with E-state index in [2.05, 4.69) is 14.9 Å². The van der Waals surface area contributed by atoms with Gasteiger partial charge in [0.2, 0.25) is 10.0 Å². The summed E-state index contributed by atoms with van der Waals surface area (Å²) >= 11 is 0. The molecular weight excluding hydrogens is 330 g/mol. The Morgan fingerprint density at radius 1 is 1.21 bits per heavy atom. The Kier molecular flexibility index (Phi) is 4.32. The fraction of sp³-hybridized carbons (Fsp3) is 0.125. The van der Waals surface area contributed by atoms with Crippen LogP contribution in [0.5, 0.6) is 0 Å². The van der Waals surface area contributed by atoms with Gasteiger partial charge in [0.15, 0.2) is 0 Å². The molecule has 2 N–H and O–H groups in total. The smallest absolute Gasteiger partial charge is 0.264 e. The zero-order valence-corrected chi connectivity index (χ0v) is 13.6. The van der Waals surface area contributed by atoms with Crippen molar-refractivity contribution in [3.63, 3.8) is 0 Å². The van der Waals surface area contributed by atoms with Gasteiger partial charge in [-0.3, -0.25) is 4.79 Å². The Balaban J connectivity index is 1.93. The highest BCUT2D eigenvalue weighted by Gasteiger charge is 2.18. The fourth-order valence-corrected chi connectivity index (χ4v) is 3.47. The first kappa shape index (κ1) is 16.2. The van der Waals surface area contributed by atoms with Crippen LogP contribution in [0.1, 0.15) is 11.3 Å². The van der Waals surface area contributed by atoms with Crippen molar-refractivity contribution < 1.29 is 12.8 Å². The summed E-state index contributed by atoms with van der Waals surface area (Å²) in [6, 6.07) is 11.2. The van der Waals surface area contributed by atoms with Gasteiger partial charge in [-0.1, -0.05) is 12.1 Å². The first-order valence-corrected chi connectivity index (χ1v) is 8.63. The summed E-state index contributed by atoms with van der Waals surface area (Å²) in [5, 5.41) is 6.25. The molecule has 8 heteroatoms. The second kappa shape index (κ2) is 6.42. The Hall–Kier alpha value is -2.71. The largest absolute Gasteiger partial charge is 0.468 e. The van der Waals surface area contributed by atoms with E-state index < -0.39 is 10.0 Å². The van der Waals surface area contributed by atoms with E-state index in [1.807, 2.05) is 0 Å². The SMILES string of the molecule is Cc1ccc(-c2ccc(=O)[nH]n2)cc1S(=O)(=O)NCc1ccco1. The van der Waals surface area contributed by atoms with E-state index in [4.69, 9.17) is 4.42 Å². The van der Waals surface area contributed by atoms with Gasteiger partial charge < -0.3 is 4.42 Å². The van der Waals surface area contributed by atoms with Crippen molar-refractivity contribution in [2.45, 2.75) is 18.4 Å². The molecule has 0 saturated carbocycles. The molecule has 0 aliphatic carbocycles. The summed E-state index contributed by atoms with van der Waals surface area (Å²) in [6.45, 7) is 1.78. The van der Waals surface area contributed by atoms with E-state index in [-0.39, 0.29) is 17.0 Å². The molecule has 0 amide bonds. The second-order valence-corrected chi connectivity index (χ2v) is 6.93. The molecule has 7 nitrogen and oxygen atoms in total. The molecule has 3 rings (SSSR count). The van der Waals surface area contributed by atoms with Crippen LogP contribution in [-0.2, 0) is 16.6 Å². The fourth-order valence-electron chi connectivity index (χ4n) is 2.21. The van der Waals surface area contributed by atoms with Crippen LogP contribution in [0.2, 0.25) is 0 Å². The van der Waals surface area contributed by atoms with Gasteiger partial charge in [-0.25, -0.2) is 18.2 Å². The summed E-state index contributed by atoms with van der Waals surface area (Å²) < 4.78 is 32.7. The number of aromatic nitrogens is 2. The van der Waals surface area contributed by atoms with E-state index in [0.29, 0.717) is 22.6 Å². The lowest BCUT2D eigenvalue weighted by Gasteiger charge is -2.10. The molecule has 2 aromatic heterocycles. The zero-order chi connectivity index (χ0) is 17.2. The lowest BCUT2D eigenvalue weighted by Crippen LogP contribution is -2.23. The summed E-state index contributed by atoms with van der Waals surface area (Å²) in [4.78, 5) is 11.3. The normalized spacial score (nSPS) is 11.5. The first-order valence-electron chi connectivity index (χ1n) is 7.14. The van der Waals surface area contributed by atoms with Crippen molar-refractivity contribution in [2.75, 3.05) is 0 Å². The number of nitrogens with zero attached hydrogens (tertiary/aromatic N) is 1. The number of aryl methyl sites for hydroxylation is 1. The lowest BCUT2D eigenvalue weighted by atomic mass is 10.1. The highest BCUT2D eigenvalue weighted by Crippen LogP contribution is 2.23. The molecule has 0 aliphatic heterocycles. The third kappa shape index (κ3) is 3.44. The number of hydrogen-bond donors (Lipinski definition) is 2. The Morgan fingerprint density at radius 2 is 2.04 bits per heavy atom. The Bertz CT molecular complexity index is 988. The van der Waals surface area contributed by atoms with Crippen LogP contribution in [0.25, 0.3) is 11.3 Å². The molecule has 0 unspecified atom stereocenters. The minimum Gasteiger partial charge on any atom is -0.468 e. The van der Waals surface area contributed by atoms with Crippen molar-refractivity contribution in [3.8, 4) is 11.3 Å². The van der Waals surface area contributed by atoms with Crippen LogP contribution in [0.15, 0.2) is 62.8 Å². The Labute approximate surface area is 138 Å². The number of H-pyrrole nitrogens is 1. The molecule has 0 spiro atoms. The highest BCUT2D eigenvalue weighted by molar-refractivity contribution is 7.89. The van der Waals surface area contributed by atoms with E-state index in [0.717, 1.165) is 0 Å². The van der Waals surface area contributed by atoms with Gasteiger partial charge >= 0.3 is 0 Å². The van der Waals surface area contributed by atoms with Crippen LogP contribution < -0.4 is 10.3 Å². The van der Waals surface area contributed by atoms with Gasteiger partial charge in [0.25, 0.3) is 5.56 Å². The van der Waals surface area contributed by atoms with E-state index in [1.165, 1.54) is 24.5 Å². The molecule has 0 atom stereocenters. The Morgan fingerprint density at radius 3 is 2.71 bits per heavy atom. The quantitative estimate of drug-likeness (QED) is 0.734. The number of sulfonamides is 1. The average Bonchev–Trinajstić information content (AvgIpc) is 3.08. The van der Waals surface area contributed by atoms with Gasteiger partial charge in [0.1, 0.15) is 5.76 Å². The predicted octanol–water partition coefficient (Wildman–Crippen LogP) is 1.82. The number of rotatable bonds is 5. The van der Waals surface area contributed by atoms with Gasteiger partial charge in [0, 0.05) is 11.6 Å². The van der Waals surface area contributed by atoms with Crippen molar-refractivity contribution in [2.24, 2.45) is 0 Å². The van der Waals surface area contributed by atoms with Gasteiger partial charge in [-0.15, -0.1) is 0 Å². The minimum atomic E-state index is -3.72. The molecule has 3 aromatic rings. The standard InChI is InChI=1S/C16H15N3O4S/c1-11-4-5-12(14-6-7-16(20)19-18-14)9-15(11)24(21,22)17-10-13-3-2-8-23-13/h2-9,17H,10H2,1H3,(H,19,20). The molecule has 0 bridgehead atoms. The highest BCUT2D eigenvalue weighted by atomic mass is 32.2. The van der Waals surface area contributed by atoms with E-state index >= 15 is 0 Å². The monoisotopic (exact) mass is 345 g/mol. The van der Waals surface area contributed by atoms with Crippen molar-refractivity contribution >= 4 is 10.0 Å². The summed E-state index contributed by atoms with van der Waals surface area (Å²) in [6.07, 6.45) is 1.48. The van der Waals surface area contributed by atoms with Crippen molar-refractivity contribution in [1.29, 1.82) is 0 Å². The topological polar surface area (TPSA) is 105 Å². The maximum absolute atomic E-state index is 12.6. The zero-order valence-electron chi connectivity index (χ0n) is 12.8. The molecule has 2 heterocycles. The second-order valence-electron chi connectivity index (χ2n) is 5.19. The van der Waals surface area contributed by atoms with Gasteiger partial charge in [-0.05, 0) is 36.8 Å². The lowest BCUT2D eigenvalue weighted by molar-refractivity contribution is 0.498. The van der Waals surface area contributed by atoms with Gasteiger partial charge in [0.05, 0.1) is 23.4 Å². The number of furan rings is 1. The molecule has 24 heavy (non-hydrogen) atoms. The van der Waals surface area contributed by atoms with E-state index in [1.54, 1.807) is 31.2 Å². The number of nitrogens with one attached hydrogen (secondary N) is 2. The molecule has 0 aliphatic rings. The summed E-state index contributed by atoms with van der Waals surface area (Å²) in [5.41, 5.74) is 1.36. The molecule has 0 fully saturated rings. The molecule has 124 valence electrons. The van der Waals surface area contributed by atoms with Crippen LogP contribution in [-0.4, -0.2) is 18.6 Å². The molecule has 0 radical (unpaired) electrons.